The minimum absolute atomic E-state index is 0.0847. The molecule has 2 rings (SSSR count). The second-order valence-electron chi connectivity index (χ2n) is 4.49. The highest BCUT2D eigenvalue weighted by atomic mass is 32.1. The van der Waals surface area contributed by atoms with Crippen LogP contribution in [-0.2, 0) is 6.54 Å². The molecule has 0 saturated heterocycles. The third kappa shape index (κ3) is 3.16. The Bertz CT molecular complexity index is 506. The van der Waals surface area contributed by atoms with Gasteiger partial charge in [0.15, 0.2) is 0 Å². The molecule has 0 fully saturated rings. The van der Waals surface area contributed by atoms with Crippen molar-refractivity contribution in [1.82, 2.24) is 29.9 Å². The van der Waals surface area contributed by atoms with E-state index in [0.717, 1.165) is 42.2 Å². The fraction of sp³-hybridized carbons (Fsp3) is 0.667. The van der Waals surface area contributed by atoms with Gasteiger partial charge < -0.3 is 5.32 Å². The molecule has 0 aliphatic carbocycles. The van der Waals surface area contributed by atoms with Crippen LogP contribution >= 0.6 is 11.5 Å². The summed E-state index contributed by atoms with van der Waals surface area (Å²) in [5.74, 6) is 0. The van der Waals surface area contributed by atoms with Gasteiger partial charge >= 0.3 is 0 Å². The van der Waals surface area contributed by atoms with Gasteiger partial charge in [0.1, 0.15) is 0 Å². The van der Waals surface area contributed by atoms with Gasteiger partial charge in [0.05, 0.1) is 28.5 Å². The van der Waals surface area contributed by atoms with Gasteiger partial charge in [0.25, 0.3) is 0 Å². The Kier molecular flexibility index (Phi) is 4.98. The lowest BCUT2D eigenvalue weighted by Crippen LogP contribution is -2.25. The lowest BCUT2D eigenvalue weighted by atomic mass is 10.1. The summed E-state index contributed by atoms with van der Waals surface area (Å²) >= 11 is 1.44. The molecule has 0 bridgehead atoms. The first-order chi connectivity index (χ1) is 9.27. The Labute approximate surface area is 117 Å². The van der Waals surface area contributed by atoms with Crippen LogP contribution in [0.15, 0.2) is 6.20 Å². The van der Waals surface area contributed by atoms with Crippen LogP contribution in [0.1, 0.15) is 49.0 Å². The first-order valence-corrected chi connectivity index (χ1v) is 7.45. The van der Waals surface area contributed by atoms with E-state index in [0.29, 0.717) is 0 Å². The molecule has 6 nitrogen and oxygen atoms in total. The molecule has 1 atom stereocenters. The fourth-order valence-electron chi connectivity index (χ4n) is 2.00. The van der Waals surface area contributed by atoms with E-state index in [1.165, 1.54) is 11.5 Å². The molecule has 104 valence electrons. The van der Waals surface area contributed by atoms with Crippen molar-refractivity contribution >= 4 is 11.5 Å². The Balaban J connectivity index is 2.31. The molecule has 0 spiro atoms. The predicted molar refractivity (Wildman–Crippen MR) is 75.1 cm³/mol. The van der Waals surface area contributed by atoms with Crippen molar-refractivity contribution in [2.24, 2.45) is 0 Å². The maximum Gasteiger partial charge on any atom is 0.0893 e. The second-order valence-corrected chi connectivity index (χ2v) is 5.28. The summed E-state index contributed by atoms with van der Waals surface area (Å²) < 4.78 is 6.00. The van der Waals surface area contributed by atoms with Crippen LogP contribution in [0, 0.1) is 6.92 Å². The Morgan fingerprint density at radius 1 is 1.37 bits per heavy atom. The quantitative estimate of drug-likeness (QED) is 0.839. The van der Waals surface area contributed by atoms with Crippen LogP contribution < -0.4 is 5.32 Å². The minimum Gasteiger partial charge on any atom is -0.304 e. The van der Waals surface area contributed by atoms with Gasteiger partial charge in [-0.2, -0.15) is 0 Å². The van der Waals surface area contributed by atoms with E-state index in [1.54, 1.807) is 0 Å². The third-order valence-corrected chi connectivity index (χ3v) is 3.82. The molecule has 0 aromatic carbocycles. The molecule has 1 unspecified atom stereocenters. The van der Waals surface area contributed by atoms with E-state index in [4.69, 9.17) is 0 Å². The van der Waals surface area contributed by atoms with Crippen molar-refractivity contribution in [2.45, 2.75) is 46.2 Å². The fourth-order valence-corrected chi connectivity index (χ4v) is 2.73. The molecule has 0 saturated carbocycles. The van der Waals surface area contributed by atoms with E-state index in [9.17, 15) is 0 Å². The maximum atomic E-state index is 4.16. The average molecular weight is 280 g/mol. The molecule has 0 amide bonds. The van der Waals surface area contributed by atoms with Gasteiger partial charge in [-0.15, -0.1) is 10.2 Å². The SMILES string of the molecule is CCCNC(c1snnc1C)c1cnnn1CCC. The Hall–Kier alpha value is -1.34. The number of nitrogens with zero attached hydrogens (tertiary/aromatic N) is 5. The van der Waals surface area contributed by atoms with Gasteiger partial charge in [-0.1, -0.05) is 23.5 Å². The zero-order valence-electron chi connectivity index (χ0n) is 11.6. The molecule has 0 aliphatic rings. The van der Waals surface area contributed by atoms with Crippen molar-refractivity contribution in [2.75, 3.05) is 6.54 Å². The number of rotatable bonds is 7. The van der Waals surface area contributed by atoms with Crippen molar-refractivity contribution in [3.63, 3.8) is 0 Å². The molecule has 2 heterocycles. The van der Waals surface area contributed by atoms with Crippen LogP contribution in [0.25, 0.3) is 0 Å². The molecule has 7 heteroatoms. The van der Waals surface area contributed by atoms with Crippen molar-refractivity contribution in [3.8, 4) is 0 Å². The summed E-state index contributed by atoms with van der Waals surface area (Å²) in [6, 6.07) is 0.0847. The maximum absolute atomic E-state index is 4.16. The topological polar surface area (TPSA) is 68.5 Å². The van der Waals surface area contributed by atoms with Crippen LogP contribution in [-0.4, -0.2) is 31.1 Å². The van der Waals surface area contributed by atoms with Crippen LogP contribution in [0.5, 0.6) is 0 Å². The molecule has 2 aromatic heterocycles. The van der Waals surface area contributed by atoms with Crippen LogP contribution in [0.2, 0.25) is 0 Å². The normalized spacial score (nSPS) is 12.8. The van der Waals surface area contributed by atoms with Crippen molar-refractivity contribution in [3.05, 3.63) is 22.5 Å². The van der Waals surface area contributed by atoms with Crippen molar-refractivity contribution < 1.29 is 0 Å². The number of aryl methyl sites for hydroxylation is 2. The van der Waals surface area contributed by atoms with Crippen molar-refractivity contribution in [1.29, 1.82) is 0 Å². The predicted octanol–water partition coefficient (Wildman–Crippen LogP) is 1.94. The smallest absolute Gasteiger partial charge is 0.0893 e. The highest BCUT2D eigenvalue weighted by Gasteiger charge is 2.22. The molecule has 2 aromatic rings. The van der Waals surface area contributed by atoms with E-state index >= 15 is 0 Å². The zero-order chi connectivity index (χ0) is 13.7. The Morgan fingerprint density at radius 2 is 2.21 bits per heavy atom. The monoisotopic (exact) mass is 280 g/mol. The van der Waals surface area contributed by atoms with Gasteiger partial charge in [0.2, 0.25) is 0 Å². The average Bonchev–Trinajstić information content (AvgIpc) is 3.01. The van der Waals surface area contributed by atoms with E-state index in [-0.39, 0.29) is 6.04 Å². The van der Waals surface area contributed by atoms with Gasteiger partial charge in [-0.3, -0.25) is 0 Å². The minimum atomic E-state index is 0.0847. The summed E-state index contributed by atoms with van der Waals surface area (Å²) in [7, 11) is 0. The highest BCUT2D eigenvalue weighted by molar-refractivity contribution is 7.05. The first kappa shape index (κ1) is 14.1. The van der Waals surface area contributed by atoms with Crippen LogP contribution in [0.3, 0.4) is 0 Å². The van der Waals surface area contributed by atoms with E-state index < -0.39 is 0 Å². The summed E-state index contributed by atoms with van der Waals surface area (Å²) in [4.78, 5) is 1.15. The third-order valence-electron chi connectivity index (χ3n) is 2.93. The number of hydrogen-bond donors (Lipinski definition) is 1. The summed E-state index contributed by atoms with van der Waals surface area (Å²) in [6.07, 6.45) is 3.95. The lowest BCUT2D eigenvalue weighted by Gasteiger charge is -2.17. The molecular weight excluding hydrogens is 260 g/mol. The molecule has 19 heavy (non-hydrogen) atoms. The molecular formula is C12H20N6S. The standard InChI is InChI=1S/C12H20N6S/c1-4-6-13-11(12-9(3)15-17-19-12)10-8-14-16-18(10)7-5-2/h8,11,13H,4-7H2,1-3H3. The summed E-state index contributed by atoms with van der Waals surface area (Å²) in [5.41, 5.74) is 2.06. The lowest BCUT2D eigenvalue weighted by molar-refractivity contribution is 0.506. The number of nitrogens with one attached hydrogen (secondary N) is 1. The highest BCUT2D eigenvalue weighted by Crippen LogP contribution is 2.26. The largest absolute Gasteiger partial charge is 0.304 e. The molecule has 0 aliphatic heterocycles. The van der Waals surface area contributed by atoms with Gasteiger partial charge in [-0.25, -0.2) is 4.68 Å². The number of aromatic nitrogens is 5. The van der Waals surface area contributed by atoms with Gasteiger partial charge in [0, 0.05) is 6.54 Å². The zero-order valence-corrected chi connectivity index (χ0v) is 12.4. The molecule has 1 N–H and O–H groups in total. The first-order valence-electron chi connectivity index (χ1n) is 6.68. The Morgan fingerprint density at radius 3 is 2.84 bits per heavy atom. The van der Waals surface area contributed by atoms with Gasteiger partial charge in [-0.05, 0) is 37.8 Å². The molecule has 0 radical (unpaired) electrons. The van der Waals surface area contributed by atoms with E-state index in [1.807, 2.05) is 17.8 Å². The summed E-state index contributed by atoms with van der Waals surface area (Å²) in [5, 5.41) is 15.9. The van der Waals surface area contributed by atoms with Crippen LogP contribution in [0.4, 0.5) is 0 Å². The number of hydrogen-bond acceptors (Lipinski definition) is 6. The van der Waals surface area contributed by atoms with E-state index in [2.05, 4.69) is 39.1 Å². The summed E-state index contributed by atoms with van der Waals surface area (Å²) in [6.45, 7) is 8.11. The second kappa shape index (κ2) is 6.72.